The largest absolute Gasteiger partial charge is 0.481 e. The molecule has 3 nitrogen and oxygen atoms in total. The Morgan fingerprint density at radius 3 is 2.68 bits per heavy atom. The molecule has 1 heterocycles. The van der Waals surface area contributed by atoms with Crippen LogP contribution in [0.5, 0.6) is 5.88 Å². The highest BCUT2D eigenvalue weighted by Crippen LogP contribution is 2.25. The molecule has 0 atom stereocenters. The quantitative estimate of drug-likeness (QED) is 0.883. The van der Waals surface area contributed by atoms with E-state index in [-0.39, 0.29) is 0 Å². The van der Waals surface area contributed by atoms with Crippen LogP contribution in [0, 0.1) is 0 Å². The number of para-hydroxylation sites is 1. The van der Waals surface area contributed by atoms with E-state index in [0.29, 0.717) is 18.3 Å². The van der Waals surface area contributed by atoms with E-state index >= 15 is 0 Å². The van der Waals surface area contributed by atoms with Crippen LogP contribution in [0.3, 0.4) is 0 Å². The van der Waals surface area contributed by atoms with E-state index in [9.17, 15) is 0 Å². The van der Waals surface area contributed by atoms with Crippen LogP contribution in [-0.2, 0) is 6.54 Å². The number of methoxy groups -OCH3 is 1. The lowest BCUT2D eigenvalue weighted by atomic mass is 10.0. The van der Waals surface area contributed by atoms with Gasteiger partial charge in [0.2, 0.25) is 5.88 Å². The van der Waals surface area contributed by atoms with Crippen molar-refractivity contribution >= 4 is 5.69 Å². The molecule has 1 aromatic carbocycles. The highest BCUT2D eigenvalue weighted by atomic mass is 16.5. The normalized spacial score (nSPS) is 10.5. The first-order valence-electron chi connectivity index (χ1n) is 6.53. The standard InChI is InChI=1S/C16H20N2O/c1-12(2)14-8-4-5-9-15(14)18-11-13-7-6-10-17-16(13)19-3/h4-10,12,18H,11H2,1-3H3. The molecule has 0 unspecified atom stereocenters. The van der Waals surface area contributed by atoms with Crippen molar-refractivity contribution in [2.45, 2.75) is 26.3 Å². The summed E-state index contributed by atoms with van der Waals surface area (Å²) >= 11 is 0. The number of ether oxygens (including phenoxy) is 1. The van der Waals surface area contributed by atoms with Crippen LogP contribution >= 0.6 is 0 Å². The van der Waals surface area contributed by atoms with Crippen LogP contribution in [-0.4, -0.2) is 12.1 Å². The van der Waals surface area contributed by atoms with E-state index < -0.39 is 0 Å². The van der Waals surface area contributed by atoms with Gasteiger partial charge < -0.3 is 10.1 Å². The van der Waals surface area contributed by atoms with Crippen molar-refractivity contribution in [3.05, 3.63) is 53.7 Å². The summed E-state index contributed by atoms with van der Waals surface area (Å²) in [6.07, 6.45) is 1.74. The Balaban J connectivity index is 2.15. The third-order valence-electron chi connectivity index (χ3n) is 3.10. The van der Waals surface area contributed by atoms with Gasteiger partial charge in [-0.15, -0.1) is 0 Å². The van der Waals surface area contributed by atoms with Crippen molar-refractivity contribution in [2.75, 3.05) is 12.4 Å². The van der Waals surface area contributed by atoms with Crippen LogP contribution in [0.25, 0.3) is 0 Å². The number of pyridine rings is 1. The number of rotatable bonds is 5. The fraction of sp³-hybridized carbons (Fsp3) is 0.312. The Morgan fingerprint density at radius 1 is 1.16 bits per heavy atom. The molecule has 0 saturated carbocycles. The minimum atomic E-state index is 0.500. The first-order valence-corrected chi connectivity index (χ1v) is 6.53. The number of benzene rings is 1. The topological polar surface area (TPSA) is 34.1 Å². The fourth-order valence-corrected chi connectivity index (χ4v) is 2.09. The van der Waals surface area contributed by atoms with E-state index in [4.69, 9.17) is 4.74 Å². The van der Waals surface area contributed by atoms with Crippen LogP contribution in [0.15, 0.2) is 42.6 Å². The highest BCUT2D eigenvalue weighted by molar-refractivity contribution is 5.53. The minimum Gasteiger partial charge on any atom is -0.481 e. The molecule has 0 aliphatic heterocycles. The van der Waals surface area contributed by atoms with Gasteiger partial charge in [-0.05, 0) is 23.6 Å². The molecule has 1 aromatic heterocycles. The Labute approximate surface area is 114 Å². The number of anilines is 1. The van der Waals surface area contributed by atoms with Crippen molar-refractivity contribution in [3.8, 4) is 5.88 Å². The zero-order chi connectivity index (χ0) is 13.7. The van der Waals surface area contributed by atoms with Crippen LogP contribution in [0.2, 0.25) is 0 Å². The Hall–Kier alpha value is -2.03. The molecule has 100 valence electrons. The summed E-state index contributed by atoms with van der Waals surface area (Å²) in [7, 11) is 1.65. The van der Waals surface area contributed by atoms with Gasteiger partial charge in [-0.1, -0.05) is 38.1 Å². The fourth-order valence-electron chi connectivity index (χ4n) is 2.09. The molecule has 0 fully saturated rings. The summed E-state index contributed by atoms with van der Waals surface area (Å²) in [6.45, 7) is 5.11. The third kappa shape index (κ3) is 3.25. The monoisotopic (exact) mass is 256 g/mol. The Bertz CT molecular complexity index is 538. The molecule has 0 amide bonds. The minimum absolute atomic E-state index is 0.500. The molecule has 0 saturated heterocycles. The molecule has 2 rings (SSSR count). The van der Waals surface area contributed by atoms with E-state index in [0.717, 1.165) is 5.56 Å². The average Bonchev–Trinajstić information content (AvgIpc) is 2.45. The molecule has 0 aliphatic rings. The summed E-state index contributed by atoms with van der Waals surface area (Å²) < 4.78 is 5.26. The molecular formula is C16H20N2O. The van der Waals surface area contributed by atoms with Crippen molar-refractivity contribution in [3.63, 3.8) is 0 Å². The van der Waals surface area contributed by atoms with Crippen LogP contribution in [0.4, 0.5) is 5.69 Å². The number of hydrogen-bond acceptors (Lipinski definition) is 3. The Kier molecular flexibility index (Phi) is 4.39. The summed E-state index contributed by atoms with van der Waals surface area (Å²) in [4.78, 5) is 4.20. The number of hydrogen-bond donors (Lipinski definition) is 1. The molecule has 0 aliphatic carbocycles. The van der Waals surface area contributed by atoms with Crippen LogP contribution in [0.1, 0.15) is 30.9 Å². The van der Waals surface area contributed by atoms with Gasteiger partial charge in [-0.25, -0.2) is 4.98 Å². The van der Waals surface area contributed by atoms with Gasteiger partial charge in [0.15, 0.2) is 0 Å². The maximum atomic E-state index is 5.26. The lowest BCUT2D eigenvalue weighted by Gasteiger charge is -2.15. The molecule has 0 radical (unpaired) electrons. The van der Waals surface area contributed by atoms with E-state index in [1.807, 2.05) is 12.1 Å². The summed E-state index contributed by atoms with van der Waals surface area (Å²) in [5.41, 5.74) is 3.55. The Morgan fingerprint density at radius 2 is 1.95 bits per heavy atom. The maximum Gasteiger partial charge on any atom is 0.218 e. The van der Waals surface area contributed by atoms with E-state index in [2.05, 4.69) is 48.4 Å². The van der Waals surface area contributed by atoms with E-state index in [1.54, 1.807) is 13.3 Å². The molecule has 19 heavy (non-hydrogen) atoms. The van der Waals surface area contributed by atoms with Gasteiger partial charge in [0.1, 0.15) is 0 Å². The average molecular weight is 256 g/mol. The molecule has 0 bridgehead atoms. The zero-order valence-electron chi connectivity index (χ0n) is 11.7. The second-order valence-corrected chi connectivity index (χ2v) is 4.77. The SMILES string of the molecule is COc1ncccc1CNc1ccccc1C(C)C. The van der Waals surface area contributed by atoms with Gasteiger partial charge >= 0.3 is 0 Å². The lowest BCUT2D eigenvalue weighted by Crippen LogP contribution is -2.05. The third-order valence-corrected chi connectivity index (χ3v) is 3.10. The number of aromatic nitrogens is 1. The van der Waals surface area contributed by atoms with Gasteiger partial charge in [-0.2, -0.15) is 0 Å². The van der Waals surface area contributed by atoms with Gasteiger partial charge in [0.25, 0.3) is 0 Å². The van der Waals surface area contributed by atoms with Crippen molar-refractivity contribution < 1.29 is 4.74 Å². The predicted molar refractivity (Wildman–Crippen MR) is 78.6 cm³/mol. The zero-order valence-corrected chi connectivity index (χ0v) is 11.7. The van der Waals surface area contributed by atoms with Gasteiger partial charge in [0, 0.05) is 24.0 Å². The summed E-state index contributed by atoms with van der Waals surface area (Å²) in [5, 5.41) is 3.47. The molecule has 1 N–H and O–H groups in total. The maximum absolute atomic E-state index is 5.26. The van der Waals surface area contributed by atoms with Gasteiger partial charge in [0.05, 0.1) is 7.11 Å². The molecule has 0 spiro atoms. The van der Waals surface area contributed by atoms with Crippen molar-refractivity contribution in [1.29, 1.82) is 0 Å². The molecule has 2 aromatic rings. The predicted octanol–water partition coefficient (Wildman–Crippen LogP) is 3.83. The van der Waals surface area contributed by atoms with Crippen molar-refractivity contribution in [1.82, 2.24) is 4.98 Å². The first kappa shape index (κ1) is 13.4. The first-order chi connectivity index (χ1) is 9.22. The van der Waals surface area contributed by atoms with Gasteiger partial charge in [-0.3, -0.25) is 0 Å². The molecule has 3 heteroatoms. The van der Waals surface area contributed by atoms with Crippen LogP contribution < -0.4 is 10.1 Å². The number of nitrogens with zero attached hydrogens (tertiary/aromatic N) is 1. The highest BCUT2D eigenvalue weighted by Gasteiger charge is 2.07. The van der Waals surface area contributed by atoms with E-state index in [1.165, 1.54) is 11.3 Å². The smallest absolute Gasteiger partial charge is 0.218 e. The molecular weight excluding hydrogens is 236 g/mol. The second kappa shape index (κ2) is 6.23. The summed E-state index contributed by atoms with van der Waals surface area (Å²) in [6, 6.07) is 12.3. The number of nitrogens with one attached hydrogen (secondary N) is 1. The summed E-state index contributed by atoms with van der Waals surface area (Å²) in [5.74, 6) is 1.18. The second-order valence-electron chi connectivity index (χ2n) is 4.77. The lowest BCUT2D eigenvalue weighted by molar-refractivity contribution is 0.393. The van der Waals surface area contributed by atoms with Crippen molar-refractivity contribution in [2.24, 2.45) is 0 Å².